The average Bonchev–Trinajstić information content (AvgIpc) is 2.80. The van der Waals surface area contributed by atoms with E-state index in [4.69, 9.17) is 0 Å². The van der Waals surface area contributed by atoms with Crippen molar-refractivity contribution in [3.8, 4) is 0 Å². The first-order chi connectivity index (χ1) is 9.15. The second kappa shape index (κ2) is 4.70. The second-order valence-corrected chi connectivity index (χ2v) is 5.38. The van der Waals surface area contributed by atoms with Gasteiger partial charge in [0.25, 0.3) is 5.91 Å². The zero-order valence-corrected chi connectivity index (χ0v) is 11.7. The van der Waals surface area contributed by atoms with E-state index in [0.29, 0.717) is 18.7 Å². The van der Waals surface area contributed by atoms with E-state index >= 15 is 0 Å². The van der Waals surface area contributed by atoms with Gasteiger partial charge in [0.05, 0.1) is 12.1 Å². The zero-order chi connectivity index (χ0) is 13.4. The number of carbonyl (C=O) groups excluding carboxylic acids is 2. The number of nitrogens with one attached hydrogen (secondary N) is 2. The van der Waals surface area contributed by atoms with E-state index in [1.807, 2.05) is 18.2 Å². The predicted molar refractivity (Wildman–Crippen MR) is 74.9 cm³/mol. The summed E-state index contributed by atoms with van der Waals surface area (Å²) in [5.74, 6) is -0.222. The Balaban J connectivity index is 1.97. The number of carbonyl (C=O) groups is 2. The third-order valence-corrected chi connectivity index (χ3v) is 3.69. The first-order valence-electron chi connectivity index (χ1n) is 5.98. The highest BCUT2D eigenvalue weighted by molar-refractivity contribution is 9.10. The lowest BCUT2D eigenvalue weighted by Gasteiger charge is -2.26. The molecule has 2 amide bonds. The van der Waals surface area contributed by atoms with Crippen molar-refractivity contribution >= 4 is 38.6 Å². The molecule has 0 aliphatic carbocycles. The third-order valence-electron chi connectivity index (χ3n) is 3.20. The van der Waals surface area contributed by atoms with E-state index in [1.54, 1.807) is 11.1 Å². The van der Waals surface area contributed by atoms with Crippen LogP contribution >= 0.6 is 15.9 Å². The van der Waals surface area contributed by atoms with Crippen LogP contribution in [0.4, 0.5) is 0 Å². The molecule has 0 spiro atoms. The first-order valence-corrected chi connectivity index (χ1v) is 6.77. The molecule has 0 radical (unpaired) electrons. The minimum absolute atomic E-state index is 0.111. The maximum Gasteiger partial charge on any atom is 0.256 e. The number of amides is 2. The van der Waals surface area contributed by atoms with Gasteiger partial charge in [-0.2, -0.15) is 0 Å². The van der Waals surface area contributed by atoms with Gasteiger partial charge in [-0.25, -0.2) is 0 Å². The Morgan fingerprint density at radius 1 is 1.37 bits per heavy atom. The lowest BCUT2D eigenvalue weighted by atomic mass is 10.1. The smallest absolute Gasteiger partial charge is 0.256 e. The van der Waals surface area contributed by atoms with Crippen molar-refractivity contribution in [3.05, 3.63) is 34.4 Å². The number of halogens is 1. The van der Waals surface area contributed by atoms with Crippen molar-refractivity contribution in [2.45, 2.75) is 0 Å². The standard InChI is InChI=1S/C13H12BrN3O2/c14-8-1-2-11-9(5-8)10(6-16-11)13(19)17-4-3-15-12(18)7-17/h1-2,5-6,16H,3-4,7H2,(H,15,18). The van der Waals surface area contributed by atoms with Gasteiger partial charge in [-0.15, -0.1) is 0 Å². The van der Waals surface area contributed by atoms with E-state index in [1.165, 1.54) is 0 Å². The van der Waals surface area contributed by atoms with E-state index in [2.05, 4.69) is 26.2 Å². The summed E-state index contributed by atoms with van der Waals surface area (Å²) < 4.78 is 0.921. The number of benzene rings is 1. The molecule has 2 heterocycles. The normalized spacial score (nSPS) is 15.6. The number of fused-ring (bicyclic) bond motifs is 1. The Morgan fingerprint density at radius 3 is 3.00 bits per heavy atom. The van der Waals surface area contributed by atoms with Gasteiger partial charge in [-0.3, -0.25) is 9.59 Å². The van der Waals surface area contributed by atoms with Crippen molar-refractivity contribution in [3.63, 3.8) is 0 Å². The van der Waals surface area contributed by atoms with Gasteiger partial charge in [-0.05, 0) is 18.2 Å². The summed E-state index contributed by atoms with van der Waals surface area (Å²) in [7, 11) is 0. The summed E-state index contributed by atoms with van der Waals surface area (Å²) in [6, 6.07) is 5.74. The number of nitrogens with zero attached hydrogens (tertiary/aromatic N) is 1. The van der Waals surface area contributed by atoms with Gasteiger partial charge >= 0.3 is 0 Å². The summed E-state index contributed by atoms with van der Waals surface area (Å²) >= 11 is 3.40. The number of rotatable bonds is 1. The molecule has 98 valence electrons. The molecule has 1 aliphatic heterocycles. The highest BCUT2D eigenvalue weighted by atomic mass is 79.9. The number of piperazine rings is 1. The van der Waals surface area contributed by atoms with Gasteiger partial charge in [-0.1, -0.05) is 15.9 Å². The Kier molecular flexibility index (Phi) is 3.02. The van der Waals surface area contributed by atoms with E-state index in [-0.39, 0.29) is 18.4 Å². The number of aromatic nitrogens is 1. The fourth-order valence-electron chi connectivity index (χ4n) is 2.25. The molecule has 2 N–H and O–H groups in total. The molecule has 0 saturated carbocycles. The largest absolute Gasteiger partial charge is 0.360 e. The van der Waals surface area contributed by atoms with Crippen LogP contribution in [0.2, 0.25) is 0 Å². The molecule has 2 aromatic rings. The molecule has 1 fully saturated rings. The first kappa shape index (κ1) is 12.2. The van der Waals surface area contributed by atoms with Gasteiger partial charge in [0, 0.05) is 34.7 Å². The Bertz CT molecular complexity index is 665. The molecule has 0 bridgehead atoms. The third kappa shape index (κ3) is 2.23. The number of hydrogen-bond acceptors (Lipinski definition) is 2. The van der Waals surface area contributed by atoms with Crippen LogP contribution in [0.3, 0.4) is 0 Å². The number of H-pyrrole nitrogens is 1. The zero-order valence-electron chi connectivity index (χ0n) is 10.1. The molecule has 1 aliphatic rings. The SMILES string of the molecule is O=C1CN(C(=O)c2c[nH]c3ccc(Br)cc23)CCN1. The highest BCUT2D eigenvalue weighted by Crippen LogP contribution is 2.23. The summed E-state index contributed by atoms with van der Waals surface area (Å²) in [6.45, 7) is 1.18. The van der Waals surface area contributed by atoms with Gasteiger partial charge in [0.2, 0.25) is 5.91 Å². The Morgan fingerprint density at radius 2 is 2.21 bits per heavy atom. The molecule has 1 aromatic heterocycles. The van der Waals surface area contributed by atoms with Gasteiger partial charge in [0.15, 0.2) is 0 Å². The van der Waals surface area contributed by atoms with Crippen LogP contribution in [-0.4, -0.2) is 41.3 Å². The molecule has 3 rings (SSSR count). The van der Waals surface area contributed by atoms with Gasteiger partial charge in [0.1, 0.15) is 0 Å². The molecule has 19 heavy (non-hydrogen) atoms. The van der Waals surface area contributed by atoms with Crippen molar-refractivity contribution in [1.29, 1.82) is 0 Å². The number of aromatic amines is 1. The monoisotopic (exact) mass is 321 g/mol. The molecule has 1 saturated heterocycles. The lowest BCUT2D eigenvalue weighted by Crippen LogP contribution is -2.49. The molecule has 6 heteroatoms. The average molecular weight is 322 g/mol. The van der Waals surface area contributed by atoms with E-state index in [9.17, 15) is 9.59 Å². The molecule has 0 unspecified atom stereocenters. The number of hydrogen-bond donors (Lipinski definition) is 2. The summed E-state index contributed by atoms with van der Waals surface area (Å²) in [5, 5.41) is 3.58. The topological polar surface area (TPSA) is 65.2 Å². The molecular weight excluding hydrogens is 310 g/mol. The van der Waals surface area contributed by atoms with E-state index in [0.717, 1.165) is 15.4 Å². The fraction of sp³-hybridized carbons (Fsp3) is 0.231. The van der Waals surface area contributed by atoms with Crippen molar-refractivity contribution in [2.24, 2.45) is 0 Å². The lowest BCUT2D eigenvalue weighted by molar-refractivity contribution is -0.123. The summed E-state index contributed by atoms with van der Waals surface area (Å²) in [4.78, 5) is 28.4. The summed E-state index contributed by atoms with van der Waals surface area (Å²) in [6.07, 6.45) is 1.70. The molecular formula is C13H12BrN3O2. The predicted octanol–water partition coefficient (Wildman–Crippen LogP) is 1.50. The van der Waals surface area contributed by atoms with Crippen molar-refractivity contribution in [2.75, 3.05) is 19.6 Å². The second-order valence-electron chi connectivity index (χ2n) is 4.47. The van der Waals surface area contributed by atoms with Crippen LogP contribution in [0.1, 0.15) is 10.4 Å². The van der Waals surface area contributed by atoms with Crippen LogP contribution in [0.5, 0.6) is 0 Å². The summed E-state index contributed by atoms with van der Waals surface area (Å²) in [5.41, 5.74) is 1.51. The van der Waals surface area contributed by atoms with Crippen LogP contribution in [-0.2, 0) is 4.79 Å². The fourth-order valence-corrected chi connectivity index (χ4v) is 2.61. The van der Waals surface area contributed by atoms with Crippen LogP contribution < -0.4 is 5.32 Å². The van der Waals surface area contributed by atoms with Gasteiger partial charge < -0.3 is 15.2 Å². The Labute approximate surface area is 118 Å². The van der Waals surface area contributed by atoms with Crippen LogP contribution in [0, 0.1) is 0 Å². The molecule has 5 nitrogen and oxygen atoms in total. The minimum Gasteiger partial charge on any atom is -0.360 e. The van der Waals surface area contributed by atoms with Crippen molar-refractivity contribution in [1.82, 2.24) is 15.2 Å². The minimum atomic E-state index is -0.112. The van der Waals surface area contributed by atoms with Crippen molar-refractivity contribution < 1.29 is 9.59 Å². The quantitative estimate of drug-likeness (QED) is 0.836. The van der Waals surface area contributed by atoms with Crippen LogP contribution in [0.15, 0.2) is 28.9 Å². The maximum absolute atomic E-state index is 12.4. The Hall–Kier alpha value is -1.82. The molecule has 0 atom stereocenters. The highest BCUT2D eigenvalue weighted by Gasteiger charge is 2.24. The maximum atomic E-state index is 12.4. The van der Waals surface area contributed by atoms with E-state index < -0.39 is 0 Å². The van der Waals surface area contributed by atoms with Crippen LogP contribution in [0.25, 0.3) is 10.9 Å². The molecule has 1 aromatic carbocycles.